The zero-order valence-electron chi connectivity index (χ0n) is 13.3. The molecule has 0 bridgehead atoms. The summed E-state index contributed by atoms with van der Waals surface area (Å²) < 4.78 is 4.94. The van der Waals surface area contributed by atoms with Crippen LogP contribution in [0.3, 0.4) is 0 Å². The van der Waals surface area contributed by atoms with Gasteiger partial charge in [0.2, 0.25) is 0 Å². The molecule has 1 fully saturated rings. The third kappa shape index (κ3) is 7.56. The first-order valence-electron chi connectivity index (χ1n) is 6.77. The molecule has 0 saturated carbocycles. The van der Waals surface area contributed by atoms with E-state index in [0.29, 0.717) is 0 Å². The number of rotatable bonds is 2. The fourth-order valence-corrected chi connectivity index (χ4v) is 10.6. The second kappa shape index (κ2) is 10.5. The standard InChI is InChI=1S/C8H8N.C6H7N.C2H4.CH3.In.Li/c1-7-2-4-8(6-9)5-3-7;7-6-4-2-1-3-5-6;1-2;;;/h2-6H,1H3;1-2,6H,5,7H2;1-2H2;1H3;;/q2*-1;;-1;;+1. The summed E-state index contributed by atoms with van der Waals surface area (Å²) >= 11 is -0.950. The van der Waals surface area contributed by atoms with Gasteiger partial charge in [0, 0.05) is 0 Å². The van der Waals surface area contributed by atoms with E-state index >= 15 is 0 Å². The molecule has 0 amide bonds. The number of allylic oxidation sites excluding steroid dienone is 2. The third-order valence-electron chi connectivity index (χ3n) is 3.39. The molecule has 1 aromatic carbocycles. The maximum Gasteiger partial charge on any atom is 1.00 e. The minimum atomic E-state index is -0.950. The monoisotopic (exact) mass is 376 g/mol. The average Bonchev–Trinajstić information content (AvgIpc) is 3.25. The van der Waals surface area contributed by atoms with Gasteiger partial charge in [-0.25, -0.2) is 0 Å². The molecule has 2 aliphatic rings. The molecule has 1 unspecified atom stereocenters. The van der Waals surface area contributed by atoms with E-state index in [0.717, 1.165) is 18.2 Å². The second-order valence-corrected chi connectivity index (χ2v) is 14.6. The number of hydrogen-bond donors (Lipinski definition) is 1. The maximum absolute atomic E-state index is 8.50. The van der Waals surface area contributed by atoms with Gasteiger partial charge >= 0.3 is 88.4 Å². The molecule has 0 radical (unpaired) electrons. The van der Waals surface area contributed by atoms with Gasteiger partial charge in [-0.2, -0.15) is 6.21 Å². The van der Waals surface area contributed by atoms with Gasteiger partial charge in [0.25, 0.3) is 0 Å². The quantitative estimate of drug-likeness (QED) is 0.456. The van der Waals surface area contributed by atoms with Crippen LogP contribution in [-0.2, 0) is 0 Å². The van der Waals surface area contributed by atoms with Crippen molar-refractivity contribution in [2.24, 2.45) is 5.73 Å². The SMILES string of the molecule is Cc1ccc(C=[N-])cc1.NC1[C-]=CC=[C]([In]2[CH2][CH2]2)C1.[CH3-].[Li+]. The van der Waals surface area contributed by atoms with E-state index in [1.54, 1.807) is 11.7 Å². The number of aryl methyl sites for hydroxylation is 1. The fourth-order valence-electron chi connectivity index (χ4n) is 2.07. The first-order valence-corrected chi connectivity index (χ1v) is 13.1. The minimum absolute atomic E-state index is 0. The van der Waals surface area contributed by atoms with Crippen molar-refractivity contribution >= 4 is 27.7 Å². The van der Waals surface area contributed by atoms with Crippen molar-refractivity contribution in [2.45, 2.75) is 27.7 Å². The molecule has 4 heteroatoms. The number of hydrogen-bond acceptors (Lipinski definition) is 1. The molecule has 21 heavy (non-hydrogen) atoms. The molecule has 0 spiro atoms. The van der Waals surface area contributed by atoms with Gasteiger partial charge in [-0.05, 0) is 12.5 Å². The van der Waals surface area contributed by atoms with Gasteiger partial charge in [-0.3, -0.25) is 0 Å². The molecule has 2 nitrogen and oxygen atoms in total. The Morgan fingerprint density at radius 2 is 1.90 bits per heavy atom. The topological polar surface area (TPSA) is 48.3 Å². The second-order valence-electron chi connectivity index (χ2n) is 5.20. The van der Waals surface area contributed by atoms with Crippen LogP contribution < -0.4 is 24.6 Å². The van der Waals surface area contributed by atoms with Crippen LogP contribution in [0.4, 0.5) is 0 Å². The van der Waals surface area contributed by atoms with E-state index in [2.05, 4.69) is 12.2 Å². The zero-order valence-corrected chi connectivity index (χ0v) is 16.6. The van der Waals surface area contributed by atoms with Gasteiger partial charge in [0.15, 0.2) is 0 Å². The number of benzene rings is 1. The Labute approximate surface area is 149 Å². The van der Waals surface area contributed by atoms with Crippen molar-refractivity contribution in [3.8, 4) is 0 Å². The smallest absolute Gasteiger partial charge is 0.358 e. The average molecular weight is 376 g/mol. The van der Waals surface area contributed by atoms with E-state index in [1.165, 1.54) is 5.56 Å². The largest absolute Gasteiger partial charge is 1.00 e. The van der Waals surface area contributed by atoms with E-state index in [4.69, 9.17) is 11.1 Å². The molecule has 3 rings (SSSR count). The van der Waals surface area contributed by atoms with E-state index in [9.17, 15) is 0 Å². The van der Waals surface area contributed by atoms with Crippen molar-refractivity contribution in [1.29, 1.82) is 0 Å². The summed E-state index contributed by atoms with van der Waals surface area (Å²) in [4.78, 5) is 0. The summed E-state index contributed by atoms with van der Waals surface area (Å²) in [6.07, 6.45) is 9.64. The van der Waals surface area contributed by atoms with Crippen molar-refractivity contribution in [2.75, 3.05) is 0 Å². The van der Waals surface area contributed by atoms with Crippen LogP contribution in [0.1, 0.15) is 17.5 Å². The Morgan fingerprint density at radius 3 is 2.38 bits per heavy atom. The molecule has 0 aromatic heterocycles. The van der Waals surface area contributed by atoms with Crippen molar-refractivity contribution in [3.05, 3.63) is 69.8 Å². The molecule has 106 valence electrons. The summed E-state index contributed by atoms with van der Waals surface area (Å²) in [5.74, 6) is 0. The van der Waals surface area contributed by atoms with Gasteiger partial charge in [0.1, 0.15) is 0 Å². The van der Waals surface area contributed by atoms with Gasteiger partial charge in [-0.15, -0.1) is 0 Å². The number of nitrogens with zero attached hydrogens (tertiary/aromatic N) is 1. The fraction of sp³-hybridized carbons (Fsp3) is 0.294. The molecule has 1 heterocycles. The Balaban J connectivity index is 0.000000350. The van der Waals surface area contributed by atoms with Gasteiger partial charge in [0.05, 0.1) is 0 Å². The van der Waals surface area contributed by atoms with Crippen LogP contribution in [0.25, 0.3) is 5.41 Å². The number of nitrogens with two attached hydrogens (primary N) is 1. The Kier molecular flexibility index (Phi) is 10.4. The van der Waals surface area contributed by atoms with Crippen molar-refractivity contribution < 1.29 is 18.9 Å². The third-order valence-corrected chi connectivity index (χ3v) is 10.9. The maximum atomic E-state index is 8.50. The molecular weight excluding hydrogens is 354 g/mol. The van der Waals surface area contributed by atoms with Crippen LogP contribution in [0.5, 0.6) is 0 Å². The van der Waals surface area contributed by atoms with Crippen molar-refractivity contribution in [3.63, 3.8) is 0 Å². The minimum Gasteiger partial charge on any atom is -0.358 e. The summed E-state index contributed by atoms with van der Waals surface area (Å²) in [5, 5.41) is 8.50. The molecule has 1 aliphatic heterocycles. The zero-order chi connectivity index (χ0) is 13.7. The van der Waals surface area contributed by atoms with E-state index < -0.39 is 21.4 Å². The summed E-state index contributed by atoms with van der Waals surface area (Å²) in [5.41, 5.74) is 7.80. The molecule has 1 saturated heterocycles. The van der Waals surface area contributed by atoms with Crippen LogP contribution >= 0.6 is 0 Å². The molecule has 2 N–H and O–H groups in total. The molecule has 1 aliphatic carbocycles. The molecule has 1 atom stereocenters. The summed E-state index contributed by atoms with van der Waals surface area (Å²) in [6, 6.07) is 7.88. The Morgan fingerprint density at radius 1 is 1.29 bits per heavy atom. The predicted octanol–water partition coefficient (Wildman–Crippen LogP) is 0.488. The summed E-state index contributed by atoms with van der Waals surface area (Å²) in [7, 11) is 0. The van der Waals surface area contributed by atoms with Gasteiger partial charge < -0.3 is 12.8 Å². The van der Waals surface area contributed by atoms with Crippen LogP contribution in [0, 0.1) is 20.4 Å². The van der Waals surface area contributed by atoms with Crippen molar-refractivity contribution in [1.82, 2.24) is 0 Å². The predicted molar refractivity (Wildman–Crippen MR) is 90.0 cm³/mol. The Bertz CT molecular complexity index is 490. The van der Waals surface area contributed by atoms with Crippen LogP contribution in [-0.4, -0.2) is 33.7 Å². The first-order chi connectivity index (χ1) is 9.19. The van der Waals surface area contributed by atoms with Gasteiger partial charge in [-0.1, -0.05) is 29.8 Å². The molecular formula is C17H22InLiN2-2. The van der Waals surface area contributed by atoms with E-state index in [1.807, 2.05) is 37.3 Å². The first kappa shape index (κ1) is 20.8. The summed E-state index contributed by atoms with van der Waals surface area (Å²) in [6.45, 7) is 2.02. The van der Waals surface area contributed by atoms with Crippen LogP contribution in [0.2, 0.25) is 8.35 Å². The Hall–Kier alpha value is -0.202. The molecule has 1 aromatic rings. The van der Waals surface area contributed by atoms with E-state index in [-0.39, 0.29) is 32.3 Å². The normalized spacial score (nSPS) is 18.3. The van der Waals surface area contributed by atoms with Crippen LogP contribution in [0.15, 0.2) is 39.7 Å².